The molecule has 134 valence electrons. The van der Waals surface area contributed by atoms with Gasteiger partial charge in [0.05, 0.1) is 0 Å². The van der Waals surface area contributed by atoms with E-state index in [1.807, 2.05) is 4.90 Å². The summed E-state index contributed by atoms with van der Waals surface area (Å²) in [7, 11) is 2.98. The van der Waals surface area contributed by atoms with Gasteiger partial charge >= 0.3 is 5.69 Å². The Morgan fingerprint density at radius 1 is 1.21 bits per heavy atom. The second-order valence-corrected chi connectivity index (χ2v) is 7.65. The van der Waals surface area contributed by atoms with Crippen molar-refractivity contribution in [3.05, 3.63) is 32.6 Å². The quantitative estimate of drug-likeness (QED) is 0.729. The lowest BCUT2D eigenvalue weighted by Crippen LogP contribution is -2.47. The highest BCUT2D eigenvalue weighted by molar-refractivity contribution is 7.99. The van der Waals surface area contributed by atoms with Gasteiger partial charge < -0.3 is 4.90 Å². The first-order valence-electron chi connectivity index (χ1n) is 8.63. The van der Waals surface area contributed by atoms with Crippen molar-refractivity contribution in [2.75, 3.05) is 18.1 Å². The summed E-state index contributed by atoms with van der Waals surface area (Å²) in [5.74, 6) is 1.69. The van der Waals surface area contributed by atoms with Gasteiger partial charge in [-0.05, 0) is 18.6 Å². The van der Waals surface area contributed by atoms with Gasteiger partial charge in [0.25, 0.3) is 11.5 Å². The molecule has 1 amide bonds. The average Bonchev–Trinajstić information content (AvgIpc) is 2.60. The summed E-state index contributed by atoms with van der Waals surface area (Å²) in [5.41, 5.74) is -0.708. The van der Waals surface area contributed by atoms with Crippen LogP contribution in [0.4, 0.5) is 0 Å². The van der Waals surface area contributed by atoms with Gasteiger partial charge in [-0.3, -0.25) is 18.7 Å². The summed E-state index contributed by atoms with van der Waals surface area (Å²) in [6, 6.07) is 1.50. The van der Waals surface area contributed by atoms with Crippen molar-refractivity contribution < 1.29 is 4.79 Å². The average molecular weight is 353 g/mol. The second kappa shape index (κ2) is 8.55. The largest absolute Gasteiger partial charge is 0.334 e. The van der Waals surface area contributed by atoms with Crippen LogP contribution in [0.15, 0.2) is 15.7 Å². The molecule has 0 atom stereocenters. The molecule has 0 spiro atoms. The Morgan fingerprint density at radius 3 is 2.50 bits per heavy atom. The molecule has 0 unspecified atom stereocenters. The molecule has 24 heavy (non-hydrogen) atoms. The SMILES string of the molecule is CCSCCN(C(=O)c1cc(=O)n(C)c(=O)n1C)C1CCCCC1. The van der Waals surface area contributed by atoms with E-state index in [2.05, 4.69) is 6.92 Å². The lowest BCUT2D eigenvalue weighted by Gasteiger charge is -2.34. The van der Waals surface area contributed by atoms with E-state index < -0.39 is 11.2 Å². The fraction of sp³-hybridized carbons (Fsp3) is 0.706. The predicted octanol–water partition coefficient (Wildman–Crippen LogP) is 1.61. The number of thioether (sulfide) groups is 1. The molecule has 0 aliphatic heterocycles. The van der Waals surface area contributed by atoms with Gasteiger partial charge in [-0.25, -0.2) is 4.79 Å². The van der Waals surface area contributed by atoms with Gasteiger partial charge in [0.2, 0.25) is 0 Å². The molecule has 0 radical (unpaired) electrons. The van der Waals surface area contributed by atoms with E-state index in [1.165, 1.54) is 24.1 Å². The Bertz CT molecular complexity index is 689. The first-order chi connectivity index (χ1) is 11.5. The highest BCUT2D eigenvalue weighted by Crippen LogP contribution is 2.24. The molecule has 1 aliphatic carbocycles. The number of rotatable bonds is 6. The van der Waals surface area contributed by atoms with E-state index in [-0.39, 0.29) is 17.6 Å². The van der Waals surface area contributed by atoms with Crippen LogP contribution in [0.3, 0.4) is 0 Å². The van der Waals surface area contributed by atoms with Crippen LogP contribution in [0.25, 0.3) is 0 Å². The molecule has 2 rings (SSSR count). The topological polar surface area (TPSA) is 64.3 Å². The van der Waals surface area contributed by atoms with E-state index in [0.29, 0.717) is 6.54 Å². The molecule has 0 aromatic carbocycles. The summed E-state index contributed by atoms with van der Waals surface area (Å²) in [6.45, 7) is 2.76. The zero-order valence-electron chi connectivity index (χ0n) is 14.8. The Hall–Kier alpha value is -1.50. The Kier molecular flexibility index (Phi) is 6.71. The molecule has 7 heteroatoms. The third-order valence-corrected chi connectivity index (χ3v) is 5.58. The number of nitrogens with zero attached hydrogens (tertiary/aromatic N) is 3. The molecule has 6 nitrogen and oxygen atoms in total. The maximum atomic E-state index is 13.1. The number of aromatic nitrogens is 2. The smallest absolute Gasteiger partial charge is 0.331 e. The maximum Gasteiger partial charge on any atom is 0.331 e. The van der Waals surface area contributed by atoms with Crippen LogP contribution in [0.5, 0.6) is 0 Å². The van der Waals surface area contributed by atoms with Crippen molar-refractivity contribution >= 4 is 17.7 Å². The number of hydrogen-bond donors (Lipinski definition) is 0. The van der Waals surface area contributed by atoms with Crippen molar-refractivity contribution in [1.29, 1.82) is 0 Å². The zero-order chi connectivity index (χ0) is 17.7. The molecule has 0 saturated heterocycles. The van der Waals surface area contributed by atoms with Crippen molar-refractivity contribution in [1.82, 2.24) is 14.0 Å². The summed E-state index contributed by atoms with van der Waals surface area (Å²) in [6.07, 6.45) is 5.48. The highest BCUT2D eigenvalue weighted by atomic mass is 32.2. The fourth-order valence-corrected chi connectivity index (χ4v) is 3.85. The van der Waals surface area contributed by atoms with Crippen molar-refractivity contribution in [3.8, 4) is 0 Å². The first-order valence-corrected chi connectivity index (χ1v) is 9.78. The minimum absolute atomic E-state index is 0.190. The van der Waals surface area contributed by atoms with E-state index in [9.17, 15) is 14.4 Å². The van der Waals surface area contributed by atoms with Gasteiger partial charge in [0.1, 0.15) is 5.69 Å². The Morgan fingerprint density at radius 2 is 1.88 bits per heavy atom. The molecule has 1 heterocycles. The lowest BCUT2D eigenvalue weighted by molar-refractivity contribution is 0.0638. The number of hydrogen-bond acceptors (Lipinski definition) is 4. The summed E-state index contributed by atoms with van der Waals surface area (Å²) < 4.78 is 2.31. The lowest BCUT2D eigenvalue weighted by atomic mass is 9.94. The molecule has 1 aromatic heterocycles. The van der Waals surface area contributed by atoms with E-state index in [4.69, 9.17) is 0 Å². The molecular weight excluding hydrogens is 326 g/mol. The van der Waals surface area contributed by atoms with Crippen LogP contribution in [0.1, 0.15) is 49.5 Å². The van der Waals surface area contributed by atoms with Crippen LogP contribution >= 0.6 is 11.8 Å². The van der Waals surface area contributed by atoms with Crippen LogP contribution in [0.2, 0.25) is 0 Å². The van der Waals surface area contributed by atoms with E-state index in [0.717, 1.165) is 41.8 Å². The highest BCUT2D eigenvalue weighted by Gasteiger charge is 2.28. The molecule has 0 bridgehead atoms. The zero-order valence-corrected chi connectivity index (χ0v) is 15.6. The van der Waals surface area contributed by atoms with Crippen LogP contribution in [0, 0.1) is 0 Å². The Labute approximate surface area is 146 Å². The molecule has 0 N–H and O–H groups in total. The van der Waals surface area contributed by atoms with Crippen LogP contribution in [-0.2, 0) is 14.1 Å². The summed E-state index contributed by atoms with van der Waals surface area (Å²) >= 11 is 1.80. The first kappa shape index (κ1) is 18.8. The molecule has 1 aromatic rings. The third kappa shape index (κ3) is 4.12. The van der Waals surface area contributed by atoms with E-state index in [1.54, 1.807) is 18.8 Å². The molecule has 1 saturated carbocycles. The minimum Gasteiger partial charge on any atom is -0.334 e. The van der Waals surface area contributed by atoms with Gasteiger partial charge in [0.15, 0.2) is 0 Å². The number of carbonyl (C=O) groups excluding carboxylic acids is 1. The maximum absolute atomic E-state index is 13.1. The Balaban J connectivity index is 2.33. The van der Waals surface area contributed by atoms with Gasteiger partial charge in [-0.15, -0.1) is 0 Å². The number of amides is 1. The van der Waals surface area contributed by atoms with E-state index >= 15 is 0 Å². The van der Waals surface area contributed by atoms with Crippen molar-refractivity contribution in [2.24, 2.45) is 14.1 Å². The summed E-state index contributed by atoms with van der Waals surface area (Å²) in [5, 5.41) is 0. The van der Waals surface area contributed by atoms with Crippen LogP contribution in [-0.4, -0.2) is 44.0 Å². The normalized spacial score (nSPS) is 15.5. The van der Waals surface area contributed by atoms with Gasteiger partial charge in [-0.2, -0.15) is 11.8 Å². The second-order valence-electron chi connectivity index (χ2n) is 6.26. The molecule has 1 fully saturated rings. The van der Waals surface area contributed by atoms with Gasteiger partial charge in [-0.1, -0.05) is 26.2 Å². The molecular formula is C17H27N3O3S. The van der Waals surface area contributed by atoms with Crippen LogP contribution < -0.4 is 11.2 Å². The van der Waals surface area contributed by atoms with Gasteiger partial charge in [0, 0.05) is 38.5 Å². The molecule has 1 aliphatic rings. The number of carbonyl (C=O) groups is 1. The predicted molar refractivity (Wildman–Crippen MR) is 97.8 cm³/mol. The van der Waals surface area contributed by atoms with Crippen molar-refractivity contribution in [2.45, 2.75) is 45.1 Å². The monoisotopic (exact) mass is 353 g/mol. The minimum atomic E-state index is -0.461. The summed E-state index contributed by atoms with van der Waals surface area (Å²) in [4.78, 5) is 39.0. The fourth-order valence-electron chi connectivity index (χ4n) is 3.24. The third-order valence-electron chi connectivity index (χ3n) is 4.70. The standard InChI is InChI=1S/C17H27N3O3S/c1-4-24-11-10-20(13-8-6-5-7-9-13)16(22)14-12-15(21)19(3)17(23)18(14)2/h12-13H,4-11H2,1-3H3. The van der Waals surface area contributed by atoms with Crippen molar-refractivity contribution in [3.63, 3.8) is 0 Å².